The van der Waals surface area contributed by atoms with Crippen molar-refractivity contribution in [3.8, 4) is 11.1 Å². The van der Waals surface area contributed by atoms with Crippen molar-refractivity contribution in [2.45, 2.75) is 0 Å². The molecule has 0 radical (unpaired) electrons. The molecule has 3 nitrogen and oxygen atoms in total. The Balaban J connectivity index is 2.26. The van der Waals surface area contributed by atoms with Crippen LogP contribution in [0.25, 0.3) is 22.0 Å². The van der Waals surface area contributed by atoms with E-state index >= 15 is 0 Å². The zero-order valence-corrected chi connectivity index (χ0v) is 10.4. The fourth-order valence-corrected chi connectivity index (χ4v) is 2.21. The molecule has 98 valence electrons. The minimum atomic E-state index is -1.28. The number of benzene rings is 2. The van der Waals surface area contributed by atoms with Gasteiger partial charge in [0.25, 0.3) is 0 Å². The molecule has 0 fully saturated rings. The summed E-state index contributed by atoms with van der Waals surface area (Å²) in [4.78, 5) is 15.3. The lowest BCUT2D eigenvalue weighted by Crippen LogP contribution is -2.00. The molecule has 0 saturated heterocycles. The molecule has 1 heterocycles. The Morgan fingerprint density at radius 1 is 1.10 bits per heavy atom. The van der Waals surface area contributed by atoms with E-state index in [4.69, 9.17) is 5.11 Å². The summed E-state index contributed by atoms with van der Waals surface area (Å²) in [7, 11) is 0. The lowest BCUT2D eigenvalue weighted by atomic mass is 9.99. The van der Waals surface area contributed by atoms with Crippen LogP contribution >= 0.6 is 0 Å². The zero-order valence-electron chi connectivity index (χ0n) is 10.4. The molecule has 3 aromatic rings. The van der Waals surface area contributed by atoms with Crippen LogP contribution in [0.1, 0.15) is 10.4 Å². The number of fused-ring (bicyclic) bond motifs is 1. The average Bonchev–Trinajstić information content (AvgIpc) is 2.47. The van der Waals surface area contributed by atoms with E-state index in [1.54, 1.807) is 12.3 Å². The molecule has 0 aliphatic carbocycles. The molecule has 3 rings (SSSR count). The lowest BCUT2D eigenvalue weighted by molar-refractivity contribution is 0.0692. The van der Waals surface area contributed by atoms with Gasteiger partial charge in [-0.1, -0.05) is 24.3 Å². The first-order valence-electron chi connectivity index (χ1n) is 6.04. The molecule has 2 aromatic carbocycles. The number of rotatable bonds is 2. The highest BCUT2D eigenvalue weighted by molar-refractivity contribution is 5.96. The molecule has 20 heavy (non-hydrogen) atoms. The fraction of sp³-hybridized carbons (Fsp3) is 0. The van der Waals surface area contributed by atoms with Gasteiger partial charge < -0.3 is 5.11 Å². The maximum atomic E-state index is 13.5. The summed E-state index contributed by atoms with van der Waals surface area (Å²) in [6.45, 7) is 0. The lowest BCUT2D eigenvalue weighted by Gasteiger charge is -2.07. The third-order valence-corrected chi connectivity index (χ3v) is 3.15. The van der Waals surface area contributed by atoms with Crippen LogP contribution in [0.3, 0.4) is 0 Å². The van der Waals surface area contributed by atoms with E-state index < -0.39 is 11.8 Å². The number of carboxylic acid groups (broad SMARTS) is 1. The van der Waals surface area contributed by atoms with Crippen LogP contribution in [-0.2, 0) is 0 Å². The van der Waals surface area contributed by atoms with Crippen LogP contribution in [-0.4, -0.2) is 16.1 Å². The molecule has 0 aliphatic heterocycles. The molecule has 1 N–H and O–H groups in total. The van der Waals surface area contributed by atoms with Crippen LogP contribution in [0.5, 0.6) is 0 Å². The van der Waals surface area contributed by atoms with Crippen LogP contribution < -0.4 is 0 Å². The highest BCUT2D eigenvalue weighted by Crippen LogP contribution is 2.28. The topological polar surface area (TPSA) is 50.2 Å². The van der Waals surface area contributed by atoms with Crippen molar-refractivity contribution in [1.82, 2.24) is 4.98 Å². The van der Waals surface area contributed by atoms with Crippen LogP contribution in [0, 0.1) is 5.82 Å². The maximum absolute atomic E-state index is 13.5. The monoisotopic (exact) mass is 267 g/mol. The van der Waals surface area contributed by atoms with Crippen molar-refractivity contribution in [2.24, 2.45) is 0 Å². The Bertz CT molecular complexity index is 809. The van der Waals surface area contributed by atoms with Gasteiger partial charge in [0.15, 0.2) is 0 Å². The van der Waals surface area contributed by atoms with Crippen LogP contribution in [0.4, 0.5) is 4.39 Å². The standard InChI is InChI=1S/C16H10FNO2/c17-14-7-6-10(9-13(14)16(19)20)11-3-1-5-15-12(11)4-2-8-18-15/h1-9H,(H,19,20). The number of aromatic carboxylic acids is 1. The Hall–Kier alpha value is -2.75. The van der Waals surface area contributed by atoms with Gasteiger partial charge in [0.1, 0.15) is 5.82 Å². The predicted octanol–water partition coefficient (Wildman–Crippen LogP) is 3.74. The molecular weight excluding hydrogens is 257 g/mol. The quantitative estimate of drug-likeness (QED) is 0.769. The number of nitrogens with zero attached hydrogens (tertiary/aromatic N) is 1. The van der Waals surface area contributed by atoms with Gasteiger partial charge in [-0.25, -0.2) is 9.18 Å². The molecule has 0 spiro atoms. The van der Waals surface area contributed by atoms with E-state index in [0.29, 0.717) is 5.56 Å². The Labute approximate surface area is 114 Å². The number of hydrogen-bond acceptors (Lipinski definition) is 2. The van der Waals surface area contributed by atoms with Crippen molar-refractivity contribution < 1.29 is 14.3 Å². The second-order valence-corrected chi connectivity index (χ2v) is 4.38. The van der Waals surface area contributed by atoms with Gasteiger partial charge in [0.05, 0.1) is 11.1 Å². The first kappa shape index (κ1) is 12.3. The second-order valence-electron chi connectivity index (χ2n) is 4.38. The maximum Gasteiger partial charge on any atom is 0.338 e. The minimum absolute atomic E-state index is 0.330. The first-order valence-corrected chi connectivity index (χ1v) is 6.04. The summed E-state index contributed by atoms with van der Waals surface area (Å²) >= 11 is 0. The highest BCUT2D eigenvalue weighted by atomic mass is 19.1. The van der Waals surface area contributed by atoms with Gasteiger partial charge in [-0.15, -0.1) is 0 Å². The van der Waals surface area contributed by atoms with E-state index in [-0.39, 0.29) is 5.56 Å². The molecule has 0 bridgehead atoms. The van der Waals surface area contributed by atoms with Gasteiger partial charge in [-0.05, 0) is 35.4 Å². The number of halogens is 1. The zero-order chi connectivity index (χ0) is 14.1. The van der Waals surface area contributed by atoms with E-state index in [0.717, 1.165) is 16.5 Å². The fourth-order valence-electron chi connectivity index (χ4n) is 2.21. The summed E-state index contributed by atoms with van der Waals surface area (Å²) < 4.78 is 13.5. The van der Waals surface area contributed by atoms with E-state index in [9.17, 15) is 9.18 Å². The second kappa shape index (κ2) is 4.74. The summed E-state index contributed by atoms with van der Waals surface area (Å²) in [5.41, 5.74) is 1.97. The minimum Gasteiger partial charge on any atom is -0.478 e. The van der Waals surface area contributed by atoms with E-state index in [2.05, 4.69) is 4.98 Å². The van der Waals surface area contributed by atoms with Gasteiger partial charge in [0.2, 0.25) is 0 Å². The SMILES string of the molecule is O=C(O)c1cc(-c2cccc3ncccc23)ccc1F. The van der Waals surface area contributed by atoms with E-state index in [1.807, 2.05) is 30.3 Å². The molecular formula is C16H10FNO2. The molecule has 0 saturated carbocycles. The normalized spacial score (nSPS) is 10.7. The molecule has 0 atom stereocenters. The molecule has 0 amide bonds. The summed E-state index contributed by atoms with van der Waals surface area (Å²) in [6.07, 6.45) is 1.69. The Morgan fingerprint density at radius 2 is 1.95 bits per heavy atom. The van der Waals surface area contributed by atoms with E-state index in [1.165, 1.54) is 12.1 Å². The summed E-state index contributed by atoms with van der Waals surface area (Å²) in [6, 6.07) is 13.4. The number of carbonyl (C=O) groups is 1. The van der Waals surface area contributed by atoms with Crippen molar-refractivity contribution >= 4 is 16.9 Å². The summed E-state index contributed by atoms with van der Waals surface area (Å²) in [5.74, 6) is -2.01. The number of pyridine rings is 1. The molecule has 0 aliphatic rings. The van der Waals surface area contributed by atoms with Crippen LogP contribution in [0.2, 0.25) is 0 Å². The predicted molar refractivity (Wildman–Crippen MR) is 74.1 cm³/mol. The number of aromatic nitrogens is 1. The summed E-state index contributed by atoms with van der Waals surface area (Å²) in [5, 5.41) is 9.90. The smallest absolute Gasteiger partial charge is 0.338 e. The third-order valence-electron chi connectivity index (χ3n) is 3.15. The van der Waals surface area contributed by atoms with Crippen molar-refractivity contribution in [3.05, 3.63) is 66.1 Å². The van der Waals surface area contributed by atoms with Crippen molar-refractivity contribution in [2.75, 3.05) is 0 Å². The molecule has 4 heteroatoms. The number of carboxylic acids is 1. The third kappa shape index (κ3) is 2.01. The molecule has 1 aromatic heterocycles. The Kier molecular flexibility index (Phi) is 2.91. The van der Waals surface area contributed by atoms with Crippen LogP contribution in [0.15, 0.2) is 54.7 Å². The van der Waals surface area contributed by atoms with Crippen molar-refractivity contribution in [1.29, 1.82) is 0 Å². The highest BCUT2D eigenvalue weighted by Gasteiger charge is 2.12. The van der Waals surface area contributed by atoms with Gasteiger partial charge >= 0.3 is 5.97 Å². The molecule has 0 unspecified atom stereocenters. The van der Waals surface area contributed by atoms with Gasteiger partial charge in [-0.3, -0.25) is 4.98 Å². The largest absolute Gasteiger partial charge is 0.478 e. The first-order chi connectivity index (χ1) is 9.66. The van der Waals surface area contributed by atoms with Crippen molar-refractivity contribution in [3.63, 3.8) is 0 Å². The van der Waals surface area contributed by atoms with Gasteiger partial charge in [0, 0.05) is 11.6 Å². The number of hydrogen-bond donors (Lipinski definition) is 1. The van der Waals surface area contributed by atoms with Gasteiger partial charge in [-0.2, -0.15) is 0 Å². The Morgan fingerprint density at radius 3 is 2.75 bits per heavy atom. The average molecular weight is 267 g/mol.